The molecule has 1 saturated heterocycles. The molecule has 1 atom stereocenters. The second-order valence-electron chi connectivity index (χ2n) is 6.78. The Morgan fingerprint density at radius 2 is 1.47 bits per heavy atom. The van der Waals surface area contributed by atoms with E-state index in [4.69, 9.17) is 34.8 Å². The van der Waals surface area contributed by atoms with Gasteiger partial charge in [-0.3, -0.25) is 19.2 Å². The number of halogens is 3. The maximum absolute atomic E-state index is 13.3. The van der Waals surface area contributed by atoms with E-state index < -0.39 is 29.5 Å². The van der Waals surface area contributed by atoms with E-state index in [0.29, 0.717) is 11.4 Å². The molecule has 1 fully saturated rings. The van der Waals surface area contributed by atoms with E-state index in [-0.39, 0.29) is 34.0 Å². The number of carbonyl (C=O) groups excluding carboxylic acids is 4. The topological polar surface area (TPSA) is 74.8 Å². The normalized spacial score (nSPS) is 15.1. The van der Waals surface area contributed by atoms with Crippen molar-refractivity contribution in [3.63, 3.8) is 0 Å². The van der Waals surface area contributed by atoms with Crippen molar-refractivity contribution in [2.24, 2.45) is 0 Å². The summed E-state index contributed by atoms with van der Waals surface area (Å²) in [6, 6.07) is 9.17. The van der Waals surface area contributed by atoms with E-state index in [2.05, 4.69) is 0 Å². The first kappa shape index (κ1) is 22.3. The Hall–Kier alpha value is -2.41. The van der Waals surface area contributed by atoms with Crippen LogP contribution in [0.3, 0.4) is 0 Å². The van der Waals surface area contributed by atoms with Crippen LogP contribution in [-0.4, -0.2) is 39.6 Å². The number of hydrazine groups is 1. The van der Waals surface area contributed by atoms with E-state index in [9.17, 15) is 19.2 Å². The zero-order valence-corrected chi connectivity index (χ0v) is 18.2. The Balaban J connectivity index is 2.04. The number of nitrogens with zero attached hydrogens (tertiary/aromatic N) is 2. The molecule has 0 aromatic heterocycles. The molecule has 0 spiro atoms. The molecule has 30 heavy (non-hydrogen) atoms. The third-order valence-electron chi connectivity index (χ3n) is 4.72. The fraction of sp³-hybridized carbons (Fsp3) is 0.238. The number of rotatable bonds is 5. The van der Waals surface area contributed by atoms with Gasteiger partial charge in [0.2, 0.25) is 11.8 Å². The van der Waals surface area contributed by atoms with Crippen molar-refractivity contribution < 1.29 is 19.2 Å². The second-order valence-corrected chi connectivity index (χ2v) is 8.03. The predicted octanol–water partition coefficient (Wildman–Crippen LogP) is 4.81. The van der Waals surface area contributed by atoms with Crippen molar-refractivity contribution in [1.29, 1.82) is 0 Å². The average Bonchev–Trinajstić information content (AvgIpc) is 2.72. The zero-order valence-electron chi connectivity index (χ0n) is 15.9. The summed E-state index contributed by atoms with van der Waals surface area (Å²) >= 11 is 17.8. The fourth-order valence-corrected chi connectivity index (χ4v) is 3.57. The quantitative estimate of drug-likeness (QED) is 0.467. The lowest BCUT2D eigenvalue weighted by molar-refractivity contribution is -0.165. The first-order valence-corrected chi connectivity index (χ1v) is 10.3. The van der Waals surface area contributed by atoms with Gasteiger partial charge in [-0.05, 0) is 55.8 Å². The maximum Gasteiger partial charge on any atom is 0.273 e. The highest BCUT2D eigenvalue weighted by molar-refractivity contribution is 6.42. The second kappa shape index (κ2) is 9.16. The van der Waals surface area contributed by atoms with Crippen LogP contribution in [0.15, 0.2) is 42.5 Å². The highest BCUT2D eigenvalue weighted by Crippen LogP contribution is 2.26. The number of benzene rings is 2. The number of hydrogen-bond acceptors (Lipinski definition) is 4. The molecular formula is C21H17Cl3N2O4. The van der Waals surface area contributed by atoms with Crippen LogP contribution in [0.1, 0.15) is 46.9 Å². The lowest BCUT2D eigenvalue weighted by Crippen LogP contribution is -2.59. The number of piperidine rings is 1. The van der Waals surface area contributed by atoms with Gasteiger partial charge in [0.15, 0.2) is 5.78 Å². The van der Waals surface area contributed by atoms with E-state index in [0.717, 1.165) is 10.0 Å². The molecule has 0 N–H and O–H groups in total. The molecule has 156 valence electrons. The Bertz CT molecular complexity index is 1010. The SMILES string of the molecule is C[C@H](C(=O)c1ccc(Cl)cc1)N(C(=O)c1ccc(Cl)c(Cl)c1)N1C(=O)CCCC1=O. The average molecular weight is 468 g/mol. The van der Waals surface area contributed by atoms with Crippen molar-refractivity contribution in [3.8, 4) is 0 Å². The van der Waals surface area contributed by atoms with E-state index in [1.807, 2.05) is 0 Å². The number of carbonyl (C=O) groups is 4. The number of hydrogen-bond donors (Lipinski definition) is 0. The Kier molecular flexibility index (Phi) is 6.81. The summed E-state index contributed by atoms with van der Waals surface area (Å²) in [4.78, 5) is 51.5. The van der Waals surface area contributed by atoms with Gasteiger partial charge < -0.3 is 0 Å². The van der Waals surface area contributed by atoms with Gasteiger partial charge in [-0.1, -0.05) is 34.8 Å². The highest BCUT2D eigenvalue weighted by atomic mass is 35.5. The summed E-state index contributed by atoms with van der Waals surface area (Å²) in [5, 5.41) is 2.50. The lowest BCUT2D eigenvalue weighted by Gasteiger charge is -2.38. The molecule has 2 aromatic carbocycles. The van der Waals surface area contributed by atoms with Crippen LogP contribution in [0, 0.1) is 0 Å². The van der Waals surface area contributed by atoms with Gasteiger partial charge in [0, 0.05) is 29.0 Å². The van der Waals surface area contributed by atoms with Gasteiger partial charge in [-0.2, -0.15) is 5.01 Å². The van der Waals surface area contributed by atoms with Gasteiger partial charge >= 0.3 is 0 Å². The Labute approximate surface area is 188 Å². The molecule has 0 bridgehead atoms. The van der Waals surface area contributed by atoms with Crippen LogP contribution in [0.25, 0.3) is 0 Å². The molecule has 0 radical (unpaired) electrons. The third kappa shape index (κ3) is 4.51. The van der Waals surface area contributed by atoms with Gasteiger partial charge in [0.25, 0.3) is 5.91 Å². The van der Waals surface area contributed by atoms with Crippen molar-refractivity contribution >= 4 is 58.3 Å². The molecule has 1 aliphatic heterocycles. The molecule has 6 nitrogen and oxygen atoms in total. The highest BCUT2D eigenvalue weighted by Gasteiger charge is 2.40. The van der Waals surface area contributed by atoms with Crippen molar-refractivity contribution in [3.05, 3.63) is 68.7 Å². The summed E-state index contributed by atoms with van der Waals surface area (Å²) < 4.78 is 0. The number of imide groups is 1. The van der Waals surface area contributed by atoms with Crippen LogP contribution < -0.4 is 0 Å². The van der Waals surface area contributed by atoms with Crippen LogP contribution in [0.5, 0.6) is 0 Å². The van der Waals surface area contributed by atoms with E-state index >= 15 is 0 Å². The lowest BCUT2D eigenvalue weighted by atomic mass is 10.0. The van der Waals surface area contributed by atoms with Crippen LogP contribution in [-0.2, 0) is 9.59 Å². The van der Waals surface area contributed by atoms with Gasteiger partial charge in [0.05, 0.1) is 10.0 Å². The minimum atomic E-state index is -1.14. The molecule has 3 rings (SSSR count). The molecule has 0 aliphatic carbocycles. The van der Waals surface area contributed by atoms with Gasteiger partial charge in [0.1, 0.15) is 6.04 Å². The fourth-order valence-electron chi connectivity index (χ4n) is 3.15. The molecule has 9 heteroatoms. The van der Waals surface area contributed by atoms with Crippen molar-refractivity contribution in [1.82, 2.24) is 10.0 Å². The maximum atomic E-state index is 13.3. The number of amides is 3. The van der Waals surface area contributed by atoms with Crippen LogP contribution in [0.2, 0.25) is 15.1 Å². The largest absolute Gasteiger partial charge is 0.292 e. The minimum absolute atomic E-state index is 0.0892. The first-order chi connectivity index (χ1) is 14.2. The summed E-state index contributed by atoms with van der Waals surface area (Å²) in [7, 11) is 0. The van der Waals surface area contributed by atoms with Crippen molar-refractivity contribution in [2.75, 3.05) is 0 Å². The summed E-state index contributed by atoms with van der Waals surface area (Å²) in [5.74, 6) is -2.26. The summed E-state index contributed by atoms with van der Waals surface area (Å²) in [6.07, 6.45) is 0.583. The van der Waals surface area contributed by atoms with E-state index in [1.54, 1.807) is 12.1 Å². The molecular weight excluding hydrogens is 451 g/mol. The molecule has 0 unspecified atom stereocenters. The first-order valence-electron chi connectivity index (χ1n) is 9.14. The van der Waals surface area contributed by atoms with Gasteiger partial charge in [-0.25, -0.2) is 5.01 Å². The smallest absolute Gasteiger partial charge is 0.273 e. The molecule has 0 saturated carbocycles. The van der Waals surface area contributed by atoms with Crippen LogP contribution >= 0.6 is 34.8 Å². The third-order valence-corrected chi connectivity index (χ3v) is 5.71. The molecule has 2 aromatic rings. The molecule has 3 amide bonds. The minimum Gasteiger partial charge on any atom is -0.292 e. The zero-order chi connectivity index (χ0) is 22.0. The summed E-state index contributed by atoms with van der Waals surface area (Å²) in [6.45, 7) is 1.46. The summed E-state index contributed by atoms with van der Waals surface area (Å²) in [5.41, 5.74) is 0.377. The number of ketones is 1. The predicted molar refractivity (Wildman–Crippen MR) is 114 cm³/mol. The van der Waals surface area contributed by atoms with Crippen LogP contribution in [0.4, 0.5) is 0 Å². The van der Waals surface area contributed by atoms with Gasteiger partial charge in [-0.15, -0.1) is 0 Å². The molecule has 1 aliphatic rings. The van der Waals surface area contributed by atoms with Crippen molar-refractivity contribution in [2.45, 2.75) is 32.2 Å². The monoisotopic (exact) mass is 466 g/mol. The van der Waals surface area contributed by atoms with E-state index in [1.165, 1.54) is 37.3 Å². The standard InChI is InChI=1S/C21H17Cl3N2O4/c1-12(20(29)13-5-8-15(22)9-6-13)25(26-18(27)3-2-4-19(26)28)21(30)14-7-10-16(23)17(24)11-14/h5-12H,2-4H2,1H3/t12-/m1/s1. The molecule has 1 heterocycles. The Morgan fingerprint density at radius 1 is 0.900 bits per heavy atom. The Morgan fingerprint density at radius 3 is 2.03 bits per heavy atom. The number of Topliss-reactive ketones (excluding diaryl/α,β-unsaturated/α-hetero) is 1.